The SMILES string of the molecule is OCC1CCCCN(c2ccnc3cc(F)cnc23)C1. The van der Waals surface area contributed by atoms with Gasteiger partial charge in [-0.2, -0.15) is 0 Å². The summed E-state index contributed by atoms with van der Waals surface area (Å²) in [7, 11) is 0. The Kier molecular flexibility index (Phi) is 3.78. The van der Waals surface area contributed by atoms with E-state index in [0.717, 1.165) is 43.6 Å². The van der Waals surface area contributed by atoms with Crippen LogP contribution in [0.3, 0.4) is 0 Å². The second-order valence-corrected chi connectivity index (χ2v) is 5.34. The number of aliphatic hydroxyl groups is 1. The molecule has 4 nitrogen and oxygen atoms in total. The molecule has 2 aromatic rings. The standard InChI is InChI=1S/C15H18FN3O/c16-12-7-13-15(18-8-12)14(4-5-17-13)19-6-2-1-3-11(9-19)10-20/h4-5,7-8,11,20H,1-3,6,9-10H2. The zero-order valence-corrected chi connectivity index (χ0v) is 11.3. The van der Waals surface area contributed by atoms with Crippen LogP contribution in [0.25, 0.3) is 11.0 Å². The van der Waals surface area contributed by atoms with E-state index in [1.807, 2.05) is 6.07 Å². The highest BCUT2D eigenvalue weighted by atomic mass is 19.1. The Balaban J connectivity index is 2.00. The van der Waals surface area contributed by atoms with Gasteiger partial charge in [0, 0.05) is 32.0 Å². The molecule has 1 atom stereocenters. The van der Waals surface area contributed by atoms with Crippen LogP contribution in [-0.4, -0.2) is 34.8 Å². The first-order chi connectivity index (χ1) is 9.78. The van der Waals surface area contributed by atoms with E-state index in [4.69, 9.17) is 0 Å². The summed E-state index contributed by atoms with van der Waals surface area (Å²) in [4.78, 5) is 10.6. The molecule has 0 radical (unpaired) electrons. The van der Waals surface area contributed by atoms with E-state index in [0.29, 0.717) is 11.4 Å². The summed E-state index contributed by atoms with van der Waals surface area (Å²) >= 11 is 0. The molecule has 1 unspecified atom stereocenters. The number of hydrogen-bond donors (Lipinski definition) is 1. The lowest BCUT2D eigenvalue weighted by atomic mass is 10.0. The average Bonchev–Trinajstić information content (AvgIpc) is 2.71. The highest BCUT2D eigenvalue weighted by Gasteiger charge is 2.20. The van der Waals surface area contributed by atoms with E-state index in [1.54, 1.807) is 6.20 Å². The van der Waals surface area contributed by atoms with E-state index in [2.05, 4.69) is 14.9 Å². The summed E-state index contributed by atoms with van der Waals surface area (Å²) in [6, 6.07) is 3.33. The largest absolute Gasteiger partial charge is 0.396 e. The van der Waals surface area contributed by atoms with Gasteiger partial charge in [0.05, 0.1) is 17.4 Å². The third kappa shape index (κ3) is 2.58. The summed E-state index contributed by atoms with van der Waals surface area (Å²) in [6.07, 6.45) is 6.21. The Hall–Kier alpha value is -1.75. The van der Waals surface area contributed by atoms with E-state index in [9.17, 15) is 9.50 Å². The monoisotopic (exact) mass is 275 g/mol. The van der Waals surface area contributed by atoms with Gasteiger partial charge < -0.3 is 10.0 Å². The molecule has 0 bridgehead atoms. The number of hydrogen-bond acceptors (Lipinski definition) is 4. The molecular formula is C15H18FN3O. The minimum Gasteiger partial charge on any atom is -0.396 e. The van der Waals surface area contributed by atoms with Crippen LogP contribution in [-0.2, 0) is 0 Å². The topological polar surface area (TPSA) is 49.2 Å². The van der Waals surface area contributed by atoms with Crippen LogP contribution in [0.4, 0.5) is 10.1 Å². The van der Waals surface area contributed by atoms with Crippen molar-refractivity contribution in [1.29, 1.82) is 0 Å². The van der Waals surface area contributed by atoms with Crippen molar-refractivity contribution < 1.29 is 9.50 Å². The van der Waals surface area contributed by atoms with Crippen molar-refractivity contribution in [2.24, 2.45) is 5.92 Å². The predicted molar refractivity (Wildman–Crippen MR) is 76.1 cm³/mol. The van der Waals surface area contributed by atoms with E-state index in [1.165, 1.54) is 12.3 Å². The van der Waals surface area contributed by atoms with Crippen molar-refractivity contribution in [2.45, 2.75) is 19.3 Å². The third-order valence-electron chi connectivity index (χ3n) is 3.89. The summed E-state index contributed by atoms with van der Waals surface area (Å²) in [5, 5.41) is 9.43. The molecule has 0 aromatic carbocycles. The highest BCUT2D eigenvalue weighted by Crippen LogP contribution is 2.27. The maximum atomic E-state index is 13.2. The van der Waals surface area contributed by atoms with Gasteiger partial charge in [0.15, 0.2) is 0 Å². The van der Waals surface area contributed by atoms with E-state index < -0.39 is 0 Å². The van der Waals surface area contributed by atoms with Gasteiger partial charge in [-0.3, -0.25) is 4.98 Å². The molecule has 2 aromatic heterocycles. The summed E-state index contributed by atoms with van der Waals surface area (Å²) < 4.78 is 13.2. The first kappa shape index (κ1) is 13.2. The molecule has 3 rings (SSSR count). The number of anilines is 1. The van der Waals surface area contributed by atoms with Gasteiger partial charge in [0.25, 0.3) is 0 Å². The second-order valence-electron chi connectivity index (χ2n) is 5.34. The van der Waals surface area contributed by atoms with E-state index in [-0.39, 0.29) is 12.4 Å². The number of pyridine rings is 2. The lowest BCUT2D eigenvalue weighted by Crippen LogP contribution is -2.30. The molecule has 0 aliphatic carbocycles. The van der Waals surface area contributed by atoms with Gasteiger partial charge in [-0.15, -0.1) is 0 Å². The molecule has 1 N–H and O–H groups in total. The Bertz CT molecular complexity index is 605. The quantitative estimate of drug-likeness (QED) is 0.914. The van der Waals surface area contributed by atoms with Crippen LogP contribution in [0.2, 0.25) is 0 Å². The van der Waals surface area contributed by atoms with Crippen molar-refractivity contribution in [3.05, 3.63) is 30.3 Å². The lowest BCUT2D eigenvalue weighted by Gasteiger charge is -2.26. The third-order valence-corrected chi connectivity index (χ3v) is 3.89. The first-order valence-electron chi connectivity index (χ1n) is 7.04. The zero-order valence-electron chi connectivity index (χ0n) is 11.3. The van der Waals surface area contributed by atoms with Crippen molar-refractivity contribution in [3.63, 3.8) is 0 Å². The smallest absolute Gasteiger partial charge is 0.143 e. The molecule has 0 spiro atoms. The van der Waals surface area contributed by atoms with Crippen LogP contribution >= 0.6 is 0 Å². The van der Waals surface area contributed by atoms with Gasteiger partial charge in [0.1, 0.15) is 11.3 Å². The number of fused-ring (bicyclic) bond motifs is 1. The van der Waals surface area contributed by atoms with Crippen molar-refractivity contribution in [3.8, 4) is 0 Å². The molecule has 3 heterocycles. The molecule has 0 amide bonds. The van der Waals surface area contributed by atoms with Crippen LogP contribution in [0, 0.1) is 11.7 Å². The predicted octanol–water partition coefficient (Wildman–Crippen LogP) is 2.37. The van der Waals surface area contributed by atoms with Gasteiger partial charge in [-0.05, 0) is 24.8 Å². The maximum Gasteiger partial charge on any atom is 0.143 e. The first-order valence-corrected chi connectivity index (χ1v) is 7.04. The molecule has 1 saturated heterocycles. The fourth-order valence-electron chi connectivity index (χ4n) is 2.84. The summed E-state index contributed by atoms with van der Waals surface area (Å²) in [6.45, 7) is 1.96. The van der Waals surface area contributed by atoms with Crippen molar-refractivity contribution in [1.82, 2.24) is 9.97 Å². The van der Waals surface area contributed by atoms with Gasteiger partial charge in [-0.1, -0.05) is 6.42 Å². The molecule has 1 aliphatic heterocycles. The molecule has 0 saturated carbocycles. The highest BCUT2D eigenvalue weighted by molar-refractivity contribution is 5.87. The molecule has 1 aliphatic rings. The number of rotatable bonds is 2. The van der Waals surface area contributed by atoms with Crippen LogP contribution in [0.5, 0.6) is 0 Å². The van der Waals surface area contributed by atoms with Crippen molar-refractivity contribution >= 4 is 16.7 Å². The fraction of sp³-hybridized carbons (Fsp3) is 0.467. The van der Waals surface area contributed by atoms with Gasteiger partial charge >= 0.3 is 0 Å². The number of aliphatic hydroxyl groups excluding tert-OH is 1. The average molecular weight is 275 g/mol. The minimum atomic E-state index is -0.369. The number of halogens is 1. The van der Waals surface area contributed by atoms with Gasteiger partial charge in [-0.25, -0.2) is 9.37 Å². The Morgan fingerprint density at radius 3 is 3.10 bits per heavy atom. The number of nitrogens with zero attached hydrogens (tertiary/aromatic N) is 3. The molecule has 5 heteroatoms. The zero-order chi connectivity index (χ0) is 13.9. The fourth-order valence-corrected chi connectivity index (χ4v) is 2.84. The Morgan fingerprint density at radius 1 is 1.35 bits per heavy atom. The minimum absolute atomic E-state index is 0.210. The molecular weight excluding hydrogens is 257 g/mol. The van der Waals surface area contributed by atoms with Crippen molar-refractivity contribution in [2.75, 3.05) is 24.6 Å². The van der Waals surface area contributed by atoms with Gasteiger partial charge in [0.2, 0.25) is 0 Å². The normalized spacial score (nSPS) is 20.1. The molecule has 20 heavy (non-hydrogen) atoms. The Morgan fingerprint density at radius 2 is 2.25 bits per heavy atom. The number of aromatic nitrogens is 2. The van der Waals surface area contributed by atoms with Crippen LogP contribution < -0.4 is 4.90 Å². The second kappa shape index (κ2) is 5.71. The molecule has 106 valence electrons. The Labute approximate surface area is 117 Å². The maximum absolute atomic E-state index is 13.2. The lowest BCUT2D eigenvalue weighted by molar-refractivity contribution is 0.223. The van der Waals surface area contributed by atoms with Crippen LogP contribution in [0.1, 0.15) is 19.3 Å². The van der Waals surface area contributed by atoms with E-state index >= 15 is 0 Å². The summed E-state index contributed by atoms with van der Waals surface area (Å²) in [5.74, 6) is -0.0765. The summed E-state index contributed by atoms with van der Waals surface area (Å²) in [5.41, 5.74) is 2.29. The van der Waals surface area contributed by atoms with Crippen LogP contribution in [0.15, 0.2) is 24.5 Å². The molecule has 1 fully saturated rings.